The average molecular weight is 609 g/mol. The maximum Gasteiger partial charge on any atom is -0.00262 e. The van der Waals surface area contributed by atoms with Gasteiger partial charge in [0, 0.05) is 0 Å². The van der Waals surface area contributed by atoms with Gasteiger partial charge in [0.2, 0.25) is 0 Å². The molecule has 0 radical (unpaired) electrons. The van der Waals surface area contributed by atoms with Crippen LogP contribution in [0.3, 0.4) is 0 Å². The fourth-order valence-corrected chi connectivity index (χ4v) is 7.39. The van der Waals surface area contributed by atoms with Crippen LogP contribution in [0.2, 0.25) is 0 Å². The second-order valence-electron chi connectivity index (χ2n) is 12.5. The third kappa shape index (κ3) is 4.87. The third-order valence-corrected chi connectivity index (χ3v) is 9.65. The minimum Gasteiger partial charge on any atom is -0.0622 e. The van der Waals surface area contributed by atoms with Crippen LogP contribution in [0, 0.1) is 0 Å². The van der Waals surface area contributed by atoms with Gasteiger partial charge in [-0.1, -0.05) is 176 Å². The monoisotopic (exact) mass is 608 g/mol. The molecule has 9 rings (SSSR count). The number of rotatable bonds is 5. The first kappa shape index (κ1) is 28.0. The maximum atomic E-state index is 2.37. The van der Waals surface area contributed by atoms with Crippen LogP contribution in [0.1, 0.15) is 0 Å². The van der Waals surface area contributed by atoms with Crippen molar-refractivity contribution >= 4 is 32.3 Å². The second kappa shape index (κ2) is 11.8. The van der Waals surface area contributed by atoms with Crippen molar-refractivity contribution in [1.29, 1.82) is 0 Å². The highest BCUT2D eigenvalue weighted by atomic mass is 14.2. The van der Waals surface area contributed by atoms with E-state index in [-0.39, 0.29) is 0 Å². The Morgan fingerprint density at radius 2 is 0.625 bits per heavy atom. The van der Waals surface area contributed by atoms with E-state index in [1.807, 2.05) is 0 Å². The number of hydrogen-bond donors (Lipinski definition) is 0. The van der Waals surface area contributed by atoms with Crippen LogP contribution in [-0.2, 0) is 0 Å². The van der Waals surface area contributed by atoms with Gasteiger partial charge in [0.15, 0.2) is 0 Å². The molecule has 0 aliphatic heterocycles. The molecule has 0 bridgehead atoms. The normalized spacial score (nSPS) is 11.3. The molecule has 0 aromatic heterocycles. The van der Waals surface area contributed by atoms with Gasteiger partial charge in [0.1, 0.15) is 0 Å². The highest BCUT2D eigenvalue weighted by molar-refractivity contribution is 6.21. The van der Waals surface area contributed by atoms with Crippen LogP contribution >= 0.6 is 0 Å². The van der Waals surface area contributed by atoms with Gasteiger partial charge in [-0.05, 0) is 106 Å². The first-order valence-electron chi connectivity index (χ1n) is 16.6. The van der Waals surface area contributed by atoms with Crippen LogP contribution in [0.15, 0.2) is 194 Å². The summed E-state index contributed by atoms with van der Waals surface area (Å²) in [7, 11) is 0. The molecule has 0 spiro atoms. The first-order chi connectivity index (χ1) is 23.8. The zero-order valence-corrected chi connectivity index (χ0v) is 26.5. The molecule has 48 heavy (non-hydrogen) atoms. The predicted octanol–water partition coefficient (Wildman–Crippen LogP) is 13.5. The summed E-state index contributed by atoms with van der Waals surface area (Å²) in [5, 5.41) is 7.57. The van der Waals surface area contributed by atoms with Gasteiger partial charge in [-0.25, -0.2) is 0 Å². The lowest BCUT2D eigenvalue weighted by Crippen LogP contribution is -1.91. The lowest BCUT2D eigenvalue weighted by Gasteiger charge is -2.18. The van der Waals surface area contributed by atoms with Crippen molar-refractivity contribution in [3.8, 4) is 55.6 Å². The van der Waals surface area contributed by atoms with Crippen LogP contribution < -0.4 is 0 Å². The summed E-state index contributed by atoms with van der Waals surface area (Å²) in [6, 6.07) is 70.7. The molecule has 0 saturated heterocycles. The van der Waals surface area contributed by atoms with Crippen molar-refractivity contribution in [2.45, 2.75) is 0 Å². The maximum absolute atomic E-state index is 2.37. The quantitative estimate of drug-likeness (QED) is 0.171. The van der Waals surface area contributed by atoms with Gasteiger partial charge in [-0.15, -0.1) is 0 Å². The Kier molecular flexibility index (Phi) is 6.91. The molecule has 0 aliphatic rings. The zero-order chi connectivity index (χ0) is 31.9. The molecule has 0 unspecified atom stereocenters. The summed E-state index contributed by atoms with van der Waals surface area (Å²) < 4.78 is 0. The van der Waals surface area contributed by atoms with Crippen molar-refractivity contribution in [2.75, 3.05) is 0 Å². The third-order valence-electron chi connectivity index (χ3n) is 9.65. The molecule has 9 aromatic rings. The fourth-order valence-electron chi connectivity index (χ4n) is 7.39. The van der Waals surface area contributed by atoms with E-state index in [4.69, 9.17) is 0 Å². The van der Waals surface area contributed by atoms with E-state index in [1.165, 1.54) is 88.0 Å². The Hall–Kier alpha value is -6.24. The molecular formula is C48H32. The molecule has 9 aromatic carbocycles. The predicted molar refractivity (Wildman–Crippen MR) is 206 cm³/mol. The second-order valence-corrected chi connectivity index (χ2v) is 12.5. The van der Waals surface area contributed by atoms with E-state index in [0.717, 1.165) is 0 Å². The Bertz CT molecular complexity index is 2520. The van der Waals surface area contributed by atoms with Crippen LogP contribution in [0.4, 0.5) is 0 Å². The lowest BCUT2D eigenvalue weighted by molar-refractivity contribution is 1.57. The highest BCUT2D eigenvalue weighted by Crippen LogP contribution is 2.44. The van der Waals surface area contributed by atoms with Crippen LogP contribution in [0.5, 0.6) is 0 Å². The highest BCUT2D eigenvalue weighted by Gasteiger charge is 2.17. The molecule has 0 nitrogen and oxygen atoms in total. The molecule has 0 atom stereocenters. The Balaban J connectivity index is 1.20. The minimum absolute atomic E-state index is 1.22. The van der Waals surface area contributed by atoms with Crippen molar-refractivity contribution in [3.05, 3.63) is 194 Å². The van der Waals surface area contributed by atoms with E-state index in [2.05, 4.69) is 194 Å². The van der Waals surface area contributed by atoms with E-state index >= 15 is 0 Å². The van der Waals surface area contributed by atoms with Crippen molar-refractivity contribution in [3.63, 3.8) is 0 Å². The summed E-state index contributed by atoms with van der Waals surface area (Å²) in [6.45, 7) is 0. The smallest absolute Gasteiger partial charge is 0.00262 e. The molecule has 0 heterocycles. The van der Waals surface area contributed by atoms with E-state index in [1.54, 1.807) is 0 Å². The molecular weight excluding hydrogens is 577 g/mol. The Labute approximate surface area is 281 Å². The van der Waals surface area contributed by atoms with Crippen molar-refractivity contribution < 1.29 is 0 Å². The van der Waals surface area contributed by atoms with E-state index in [0.29, 0.717) is 0 Å². The number of benzene rings is 9. The van der Waals surface area contributed by atoms with Gasteiger partial charge in [0.05, 0.1) is 0 Å². The molecule has 0 heteroatoms. The van der Waals surface area contributed by atoms with Crippen molar-refractivity contribution in [2.24, 2.45) is 0 Å². The van der Waals surface area contributed by atoms with Gasteiger partial charge in [-0.2, -0.15) is 0 Å². The van der Waals surface area contributed by atoms with Crippen LogP contribution in [-0.4, -0.2) is 0 Å². The molecule has 0 saturated carbocycles. The number of hydrogen-bond acceptors (Lipinski definition) is 0. The summed E-state index contributed by atoms with van der Waals surface area (Å²) in [5.41, 5.74) is 12.4. The van der Waals surface area contributed by atoms with E-state index < -0.39 is 0 Å². The van der Waals surface area contributed by atoms with Crippen molar-refractivity contribution in [1.82, 2.24) is 0 Å². The molecule has 0 N–H and O–H groups in total. The zero-order valence-electron chi connectivity index (χ0n) is 26.5. The molecule has 0 aliphatic carbocycles. The average Bonchev–Trinajstić information content (AvgIpc) is 3.17. The van der Waals surface area contributed by atoms with Gasteiger partial charge in [-0.3, -0.25) is 0 Å². The first-order valence-corrected chi connectivity index (χ1v) is 16.6. The number of fused-ring (bicyclic) bond motifs is 3. The SMILES string of the molecule is c1ccc(-c2ccc(-c3ccc4cc(-c5c6ccccc6c(-c6ccccc6)c6ccccc56)ccc4c3)c(-c3ccccc3)c2)cc1. The molecule has 0 fully saturated rings. The lowest BCUT2D eigenvalue weighted by atomic mass is 9.85. The largest absolute Gasteiger partial charge is 0.0622 e. The summed E-state index contributed by atoms with van der Waals surface area (Å²) in [4.78, 5) is 0. The minimum atomic E-state index is 1.22. The van der Waals surface area contributed by atoms with Gasteiger partial charge >= 0.3 is 0 Å². The van der Waals surface area contributed by atoms with E-state index in [9.17, 15) is 0 Å². The topological polar surface area (TPSA) is 0 Å². The summed E-state index contributed by atoms with van der Waals surface area (Å²) in [6.07, 6.45) is 0. The molecule has 224 valence electrons. The van der Waals surface area contributed by atoms with Gasteiger partial charge in [0.25, 0.3) is 0 Å². The van der Waals surface area contributed by atoms with Crippen LogP contribution in [0.25, 0.3) is 88.0 Å². The van der Waals surface area contributed by atoms with Gasteiger partial charge < -0.3 is 0 Å². The Morgan fingerprint density at radius 1 is 0.208 bits per heavy atom. The summed E-state index contributed by atoms with van der Waals surface area (Å²) >= 11 is 0. The standard InChI is InChI=1S/C48H32/c1-4-14-33(15-5-1)38-28-29-41(46(32-38)34-16-6-2-7-17-34)39-26-24-37-31-40(27-25-36(37)30-39)48-44-22-12-10-20-42(44)47(35-18-8-3-9-19-35)43-21-11-13-23-45(43)48/h1-32H. The molecule has 0 amide bonds. The summed E-state index contributed by atoms with van der Waals surface area (Å²) in [5.74, 6) is 0. The Morgan fingerprint density at radius 3 is 1.19 bits per heavy atom. The fraction of sp³-hybridized carbons (Fsp3) is 0.